The number of carbonyl (C=O) groups is 2. The van der Waals surface area contributed by atoms with Gasteiger partial charge < -0.3 is 9.47 Å². The first kappa shape index (κ1) is 16.0. The Labute approximate surface area is 137 Å². The molecular formula is C13H12Br2N2O4. The van der Waals surface area contributed by atoms with Crippen LogP contribution in [0.2, 0.25) is 0 Å². The number of aromatic nitrogens is 2. The lowest BCUT2D eigenvalue weighted by molar-refractivity contribution is 0.0476. The molecule has 0 aromatic carbocycles. The van der Waals surface area contributed by atoms with Gasteiger partial charge in [-0.1, -0.05) is 0 Å². The molecule has 0 saturated heterocycles. The Morgan fingerprint density at radius 3 is 2.43 bits per heavy atom. The van der Waals surface area contributed by atoms with E-state index in [1.54, 1.807) is 26.1 Å². The SMILES string of the molecule is CCOC(=O)c1nn2cc(Br)cc(Br)c2c1C(=O)OCC. The Morgan fingerprint density at radius 2 is 1.81 bits per heavy atom. The topological polar surface area (TPSA) is 69.9 Å². The highest BCUT2D eigenvalue weighted by Gasteiger charge is 2.28. The third kappa shape index (κ3) is 3.11. The van der Waals surface area contributed by atoms with Crippen molar-refractivity contribution < 1.29 is 19.1 Å². The van der Waals surface area contributed by atoms with E-state index in [2.05, 4.69) is 37.0 Å². The molecule has 0 aliphatic rings. The molecule has 0 unspecified atom stereocenters. The fourth-order valence-electron chi connectivity index (χ4n) is 1.84. The van der Waals surface area contributed by atoms with Gasteiger partial charge in [0, 0.05) is 15.1 Å². The van der Waals surface area contributed by atoms with E-state index in [4.69, 9.17) is 9.47 Å². The highest BCUT2D eigenvalue weighted by Crippen LogP contribution is 2.28. The van der Waals surface area contributed by atoms with Gasteiger partial charge in [-0.25, -0.2) is 14.1 Å². The lowest BCUT2D eigenvalue weighted by Crippen LogP contribution is -2.13. The lowest BCUT2D eigenvalue weighted by Gasteiger charge is -2.04. The zero-order chi connectivity index (χ0) is 15.6. The fourth-order valence-corrected chi connectivity index (χ4v) is 3.20. The molecule has 0 spiro atoms. The number of rotatable bonds is 4. The summed E-state index contributed by atoms with van der Waals surface area (Å²) in [5.41, 5.74) is 0.489. The van der Waals surface area contributed by atoms with E-state index >= 15 is 0 Å². The zero-order valence-electron chi connectivity index (χ0n) is 11.4. The Balaban J connectivity index is 2.72. The summed E-state index contributed by atoms with van der Waals surface area (Å²) in [5, 5.41) is 4.14. The van der Waals surface area contributed by atoms with Crippen molar-refractivity contribution in [2.75, 3.05) is 13.2 Å². The van der Waals surface area contributed by atoms with Crippen molar-refractivity contribution in [3.63, 3.8) is 0 Å². The molecule has 0 saturated carbocycles. The number of halogens is 2. The van der Waals surface area contributed by atoms with E-state index in [1.807, 2.05) is 0 Å². The predicted octanol–water partition coefficient (Wildman–Crippen LogP) is 3.21. The highest BCUT2D eigenvalue weighted by molar-refractivity contribution is 9.11. The average molecular weight is 420 g/mol. The van der Waals surface area contributed by atoms with Crippen LogP contribution in [0.15, 0.2) is 21.2 Å². The summed E-state index contributed by atoms with van der Waals surface area (Å²) in [4.78, 5) is 24.2. The standard InChI is InChI=1S/C13H12Br2N2O4/c1-3-20-12(18)9-10(13(19)21-4-2)16-17-6-7(14)5-8(15)11(9)17/h5-6H,3-4H2,1-2H3. The zero-order valence-corrected chi connectivity index (χ0v) is 14.5. The molecule has 0 amide bonds. The van der Waals surface area contributed by atoms with E-state index in [-0.39, 0.29) is 24.5 Å². The molecule has 8 heteroatoms. The number of esters is 2. The van der Waals surface area contributed by atoms with Gasteiger partial charge in [-0.05, 0) is 51.8 Å². The number of pyridine rings is 1. The molecule has 0 bridgehead atoms. The van der Waals surface area contributed by atoms with Crippen LogP contribution in [0, 0.1) is 0 Å². The monoisotopic (exact) mass is 418 g/mol. The van der Waals surface area contributed by atoms with Gasteiger partial charge in [-0.2, -0.15) is 5.10 Å². The highest BCUT2D eigenvalue weighted by atomic mass is 79.9. The van der Waals surface area contributed by atoms with E-state index in [9.17, 15) is 9.59 Å². The average Bonchev–Trinajstić information content (AvgIpc) is 2.78. The second-order valence-corrected chi connectivity index (χ2v) is 5.73. The maximum absolute atomic E-state index is 12.2. The number of fused-ring (bicyclic) bond motifs is 1. The minimum Gasteiger partial charge on any atom is -0.462 e. The van der Waals surface area contributed by atoms with Crippen LogP contribution in [0.4, 0.5) is 0 Å². The minimum absolute atomic E-state index is 0.0610. The van der Waals surface area contributed by atoms with Gasteiger partial charge >= 0.3 is 11.9 Å². The molecule has 6 nitrogen and oxygen atoms in total. The number of carbonyl (C=O) groups excluding carboxylic acids is 2. The Bertz CT molecular complexity index is 712. The van der Waals surface area contributed by atoms with Crippen LogP contribution in [-0.2, 0) is 9.47 Å². The normalized spacial score (nSPS) is 10.7. The Morgan fingerprint density at radius 1 is 1.19 bits per heavy atom. The molecule has 2 aromatic heterocycles. The summed E-state index contributed by atoms with van der Waals surface area (Å²) in [7, 11) is 0. The maximum atomic E-state index is 12.2. The number of hydrogen-bond donors (Lipinski definition) is 0. The number of ether oxygens (including phenoxy) is 2. The van der Waals surface area contributed by atoms with Crippen molar-refractivity contribution in [3.8, 4) is 0 Å². The smallest absolute Gasteiger partial charge is 0.359 e. The number of hydrogen-bond acceptors (Lipinski definition) is 5. The second kappa shape index (κ2) is 6.57. The molecule has 0 atom stereocenters. The summed E-state index contributed by atoms with van der Waals surface area (Å²) in [6.45, 7) is 3.77. The molecular weight excluding hydrogens is 408 g/mol. The molecule has 0 aliphatic carbocycles. The third-order valence-electron chi connectivity index (χ3n) is 2.60. The van der Waals surface area contributed by atoms with E-state index in [0.29, 0.717) is 9.99 Å². The first-order valence-corrected chi connectivity index (χ1v) is 7.79. The summed E-state index contributed by atoms with van der Waals surface area (Å²) < 4.78 is 12.8. The van der Waals surface area contributed by atoms with Crippen LogP contribution in [0.25, 0.3) is 5.52 Å². The minimum atomic E-state index is -0.660. The summed E-state index contributed by atoms with van der Waals surface area (Å²) >= 11 is 6.70. The molecule has 0 aliphatic heterocycles. The van der Waals surface area contributed by atoms with Gasteiger partial charge in [0.15, 0.2) is 5.69 Å². The van der Waals surface area contributed by atoms with Crippen molar-refractivity contribution >= 4 is 49.3 Å². The summed E-state index contributed by atoms with van der Waals surface area (Å²) in [5.74, 6) is -1.27. The Hall–Kier alpha value is -1.41. The predicted molar refractivity (Wildman–Crippen MR) is 82.5 cm³/mol. The van der Waals surface area contributed by atoms with Gasteiger partial charge in [0.25, 0.3) is 0 Å². The summed E-state index contributed by atoms with van der Waals surface area (Å²) in [6.07, 6.45) is 1.64. The first-order chi connectivity index (χ1) is 9.99. The van der Waals surface area contributed by atoms with Gasteiger partial charge in [-0.3, -0.25) is 0 Å². The van der Waals surface area contributed by atoms with Crippen LogP contribution in [0.1, 0.15) is 34.7 Å². The van der Waals surface area contributed by atoms with Crippen molar-refractivity contribution in [2.45, 2.75) is 13.8 Å². The molecule has 112 valence electrons. The van der Waals surface area contributed by atoms with Crippen LogP contribution < -0.4 is 0 Å². The van der Waals surface area contributed by atoms with Gasteiger partial charge in [0.2, 0.25) is 0 Å². The molecule has 2 rings (SSSR count). The maximum Gasteiger partial charge on any atom is 0.359 e. The van der Waals surface area contributed by atoms with Crippen molar-refractivity contribution in [1.82, 2.24) is 9.61 Å². The van der Waals surface area contributed by atoms with Crippen molar-refractivity contribution in [3.05, 3.63) is 32.5 Å². The quantitative estimate of drug-likeness (QED) is 0.711. The first-order valence-electron chi connectivity index (χ1n) is 6.21. The van der Waals surface area contributed by atoms with E-state index in [0.717, 1.165) is 4.47 Å². The van der Waals surface area contributed by atoms with E-state index < -0.39 is 11.9 Å². The largest absolute Gasteiger partial charge is 0.462 e. The molecule has 2 heterocycles. The fraction of sp³-hybridized carbons (Fsp3) is 0.308. The van der Waals surface area contributed by atoms with Crippen LogP contribution in [-0.4, -0.2) is 34.8 Å². The van der Waals surface area contributed by atoms with Crippen LogP contribution >= 0.6 is 31.9 Å². The van der Waals surface area contributed by atoms with E-state index in [1.165, 1.54) is 4.52 Å². The molecule has 0 radical (unpaired) electrons. The van der Waals surface area contributed by atoms with Crippen molar-refractivity contribution in [2.24, 2.45) is 0 Å². The second-order valence-electron chi connectivity index (χ2n) is 3.96. The molecule has 2 aromatic rings. The number of nitrogens with zero attached hydrogens (tertiary/aromatic N) is 2. The molecule has 0 fully saturated rings. The van der Waals surface area contributed by atoms with Gasteiger partial charge in [0.05, 0.1) is 18.7 Å². The summed E-state index contributed by atoms with van der Waals surface area (Å²) in [6, 6.07) is 1.76. The Kier molecular flexibility index (Phi) is 5.00. The lowest BCUT2D eigenvalue weighted by atomic mass is 10.2. The van der Waals surface area contributed by atoms with Gasteiger partial charge in [0.1, 0.15) is 5.56 Å². The molecule has 0 N–H and O–H groups in total. The molecule has 21 heavy (non-hydrogen) atoms. The van der Waals surface area contributed by atoms with Crippen LogP contribution in [0.5, 0.6) is 0 Å². The van der Waals surface area contributed by atoms with Gasteiger partial charge in [-0.15, -0.1) is 0 Å². The third-order valence-corrected chi connectivity index (χ3v) is 3.63. The van der Waals surface area contributed by atoms with Crippen LogP contribution in [0.3, 0.4) is 0 Å². The van der Waals surface area contributed by atoms with Crippen molar-refractivity contribution in [1.29, 1.82) is 0 Å².